The first-order valence-corrected chi connectivity index (χ1v) is 7.70. The van der Waals surface area contributed by atoms with Gasteiger partial charge < -0.3 is 4.79 Å². The van der Waals surface area contributed by atoms with Crippen molar-refractivity contribution in [3.8, 4) is 11.3 Å². The molecule has 0 bridgehead atoms. The number of alkyl halides is 2. The molecule has 4 rings (SSSR count). The van der Waals surface area contributed by atoms with Crippen molar-refractivity contribution in [2.45, 2.75) is 25.3 Å². The van der Waals surface area contributed by atoms with Crippen molar-refractivity contribution >= 4 is 17.3 Å². The van der Waals surface area contributed by atoms with E-state index in [0.29, 0.717) is 29.6 Å². The molecular weight excluding hydrogens is 314 g/mol. The highest BCUT2D eigenvalue weighted by atomic mass is 19.3. The second-order valence-electron chi connectivity index (χ2n) is 5.97. The third-order valence-corrected chi connectivity index (χ3v) is 4.41. The molecule has 5 nitrogen and oxygen atoms in total. The van der Waals surface area contributed by atoms with Gasteiger partial charge in [-0.25, -0.2) is 13.8 Å². The fourth-order valence-electron chi connectivity index (χ4n) is 3.00. The maximum absolute atomic E-state index is 13.4. The van der Waals surface area contributed by atoms with Crippen LogP contribution in [0.5, 0.6) is 0 Å². The summed E-state index contributed by atoms with van der Waals surface area (Å²) < 4.78 is 28.3. The number of carbonyl (C=O) groups excluding carboxylic acids is 1. The number of aldehydes is 1. The topological polar surface area (TPSA) is 60.7 Å². The molecule has 0 radical (unpaired) electrons. The fraction of sp³-hybridized carbons (Fsp3) is 0.294. The summed E-state index contributed by atoms with van der Waals surface area (Å²) in [6, 6.07) is 7.27. The molecule has 7 heteroatoms. The van der Waals surface area contributed by atoms with Gasteiger partial charge in [-0.3, -0.25) is 9.67 Å². The summed E-state index contributed by atoms with van der Waals surface area (Å²) >= 11 is 0. The molecule has 1 aromatic carbocycles. The molecule has 0 spiro atoms. The van der Waals surface area contributed by atoms with Crippen LogP contribution in [0, 0.1) is 5.92 Å². The molecule has 2 heterocycles. The van der Waals surface area contributed by atoms with Crippen LogP contribution in [0.2, 0.25) is 0 Å². The zero-order valence-electron chi connectivity index (χ0n) is 12.6. The molecule has 122 valence electrons. The van der Waals surface area contributed by atoms with Crippen LogP contribution in [0.3, 0.4) is 0 Å². The normalized spacial score (nSPS) is 20.3. The predicted molar refractivity (Wildman–Crippen MR) is 83.5 cm³/mol. The van der Waals surface area contributed by atoms with Crippen molar-refractivity contribution in [3.05, 3.63) is 42.4 Å². The fourth-order valence-corrected chi connectivity index (χ4v) is 3.00. The van der Waals surface area contributed by atoms with E-state index in [2.05, 4.69) is 15.1 Å². The van der Waals surface area contributed by atoms with E-state index in [1.54, 1.807) is 12.3 Å². The van der Waals surface area contributed by atoms with Crippen LogP contribution in [0.4, 0.5) is 8.78 Å². The van der Waals surface area contributed by atoms with Crippen LogP contribution in [-0.2, 0) is 4.79 Å². The molecule has 1 saturated carbocycles. The molecule has 0 aliphatic heterocycles. The van der Waals surface area contributed by atoms with E-state index >= 15 is 0 Å². The maximum atomic E-state index is 13.4. The molecule has 0 N–H and O–H groups in total. The minimum absolute atomic E-state index is 0.00175. The minimum atomic E-state index is -2.70. The molecule has 3 aromatic rings. The number of aromatic nitrogens is 4. The number of para-hydroxylation sites is 2. The summed E-state index contributed by atoms with van der Waals surface area (Å²) in [5, 5.41) is 4.04. The summed E-state index contributed by atoms with van der Waals surface area (Å²) in [6.07, 6.45) is 2.56. The van der Waals surface area contributed by atoms with E-state index in [9.17, 15) is 13.6 Å². The number of carbonyl (C=O) groups is 1. The second-order valence-corrected chi connectivity index (χ2v) is 5.97. The van der Waals surface area contributed by atoms with E-state index in [1.807, 2.05) is 18.2 Å². The third-order valence-electron chi connectivity index (χ3n) is 4.41. The van der Waals surface area contributed by atoms with Crippen LogP contribution in [0.1, 0.15) is 31.0 Å². The zero-order chi connectivity index (χ0) is 16.7. The molecule has 0 unspecified atom stereocenters. The molecule has 0 amide bonds. The Bertz CT molecular complexity index is 902. The molecule has 1 aliphatic rings. The Balaban J connectivity index is 1.75. The lowest BCUT2D eigenvalue weighted by molar-refractivity contribution is -0.114. The van der Waals surface area contributed by atoms with Gasteiger partial charge in [-0.1, -0.05) is 12.1 Å². The highest BCUT2D eigenvalue weighted by Gasteiger charge is 2.32. The Labute approximate surface area is 136 Å². The van der Waals surface area contributed by atoms with E-state index in [-0.39, 0.29) is 23.2 Å². The van der Waals surface area contributed by atoms with Gasteiger partial charge in [0.2, 0.25) is 0 Å². The van der Waals surface area contributed by atoms with Crippen molar-refractivity contribution in [1.29, 1.82) is 0 Å². The minimum Gasteiger partial charge on any atom is -0.303 e. The van der Waals surface area contributed by atoms with E-state index in [1.165, 1.54) is 10.9 Å². The number of benzene rings is 1. The van der Waals surface area contributed by atoms with Crippen molar-refractivity contribution in [3.63, 3.8) is 0 Å². The van der Waals surface area contributed by atoms with Gasteiger partial charge in [0.05, 0.1) is 29.0 Å². The van der Waals surface area contributed by atoms with E-state index in [4.69, 9.17) is 0 Å². The van der Waals surface area contributed by atoms with Crippen molar-refractivity contribution < 1.29 is 13.6 Å². The number of rotatable bonds is 4. The molecular formula is C17H14F2N4O. The Hall–Kier alpha value is -2.70. The van der Waals surface area contributed by atoms with Gasteiger partial charge in [-0.2, -0.15) is 5.10 Å². The molecule has 24 heavy (non-hydrogen) atoms. The highest BCUT2D eigenvalue weighted by Crippen LogP contribution is 2.38. The quantitative estimate of drug-likeness (QED) is 0.687. The molecule has 0 atom stereocenters. The number of halogens is 2. The lowest BCUT2D eigenvalue weighted by Gasteiger charge is -2.31. The first-order valence-electron chi connectivity index (χ1n) is 7.70. The number of hydrogen-bond donors (Lipinski definition) is 0. The maximum Gasteiger partial charge on any atom is 0.282 e. The SMILES string of the molecule is O=CC1CC(n2cc(-c3cnc4ccccc4n3)c(C(F)F)n2)C1. The largest absolute Gasteiger partial charge is 0.303 e. The van der Waals surface area contributed by atoms with Crippen LogP contribution in [-0.4, -0.2) is 26.0 Å². The zero-order valence-corrected chi connectivity index (χ0v) is 12.6. The average molecular weight is 328 g/mol. The number of nitrogens with zero attached hydrogens (tertiary/aromatic N) is 4. The first-order chi connectivity index (χ1) is 11.7. The van der Waals surface area contributed by atoms with Gasteiger partial charge in [-0.15, -0.1) is 0 Å². The summed E-state index contributed by atoms with van der Waals surface area (Å²) in [4.78, 5) is 19.4. The van der Waals surface area contributed by atoms with Gasteiger partial charge in [-0.05, 0) is 25.0 Å². The summed E-state index contributed by atoms with van der Waals surface area (Å²) in [7, 11) is 0. The third kappa shape index (κ3) is 2.46. The Morgan fingerprint density at radius 3 is 2.67 bits per heavy atom. The van der Waals surface area contributed by atoms with Crippen LogP contribution >= 0.6 is 0 Å². The molecule has 1 aliphatic carbocycles. The van der Waals surface area contributed by atoms with Gasteiger partial charge in [0.15, 0.2) is 0 Å². The number of hydrogen-bond acceptors (Lipinski definition) is 4. The summed E-state index contributed by atoms with van der Waals surface area (Å²) in [6.45, 7) is 0. The molecule has 1 fully saturated rings. The van der Waals surface area contributed by atoms with Gasteiger partial charge in [0, 0.05) is 17.7 Å². The van der Waals surface area contributed by atoms with Crippen LogP contribution in [0.15, 0.2) is 36.7 Å². The molecule has 0 saturated heterocycles. The number of fused-ring (bicyclic) bond motifs is 1. The lowest BCUT2D eigenvalue weighted by Crippen LogP contribution is -2.28. The molecule has 2 aromatic heterocycles. The first kappa shape index (κ1) is 14.9. The van der Waals surface area contributed by atoms with Gasteiger partial charge >= 0.3 is 0 Å². The average Bonchev–Trinajstić information content (AvgIpc) is 2.98. The Morgan fingerprint density at radius 1 is 1.21 bits per heavy atom. The Morgan fingerprint density at radius 2 is 1.96 bits per heavy atom. The van der Waals surface area contributed by atoms with Gasteiger partial charge in [0.1, 0.15) is 12.0 Å². The summed E-state index contributed by atoms with van der Waals surface area (Å²) in [5.74, 6) is -0.00175. The standard InChI is InChI=1S/C17H14F2N4O/c18-17(19)16-12(8-23(22-16)11-5-10(6-11)9-24)15-7-20-13-3-1-2-4-14(13)21-15/h1-4,7-11,17H,5-6H2. The Kier molecular flexibility index (Phi) is 3.55. The predicted octanol–water partition coefficient (Wildman–Crippen LogP) is 3.58. The van der Waals surface area contributed by atoms with Gasteiger partial charge in [0.25, 0.3) is 6.43 Å². The van der Waals surface area contributed by atoms with Crippen molar-refractivity contribution in [2.24, 2.45) is 5.92 Å². The van der Waals surface area contributed by atoms with E-state index in [0.717, 1.165) is 6.29 Å². The highest BCUT2D eigenvalue weighted by molar-refractivity contribution is 5.77. The summed E-state index contributed by atoms with van der Waals surface area (Å²) in [5.41, 5.74) is 1.72. The van der Waals surface area contributed by atoms with E-state index < -0.39 is 6.43 Å². The van der Waals surface area contributed by atoms with Crippen molar-refractivity contribution in [2.75, 3.05) is 0 Å². The lowest BCUT2D eigenvalue weighted by atomic mass is 9.81. The smallest absolute Gasteiger partial charge is 0.282 e. The monoisotopic (exact) mass is 328 g/mol. The van der Waals surface area contributed by atoms with Crippen molar-refractivity contribution in [1.82, 2.24) is 19.7 Å². The van der Waals surface area contributed by atoms with Crippen LogP contribution in [0.25, 0.3) is 22.3 Å². The van der Waals surface area contributed by atoms with Crippen LogP contribution < -0.4 is 0 Å². The second kappa shape index (κ2) is 5.74.